The smallest absolute Gasteiger partial charge is 0.251 e. The molecule has 2 amide bonds. The zero-order valence-electron chi connectivity index (χ0n) is 15.3. The fraction of sp³-hybridized carbons (Fsp3) is 0.364. The van der Waals surface area contributed by atoms with Gasteiger partial charge in [0.15, 0.2) is 0 Å². The summed E-state index contributed by atoms with van der Waals surface area (Å²) in [5.41, 5.74) is 2.94. The molecular formula is C22H26N2O2. The Bertz CT molecular complexity index is 758. The Morgan fingerprint density at radius 1 is 1.12 bits per heavy atom. The van der Waals surface area contributed by atoms with Crippen molar-refractivity contribution in [3.63, 3.8) is 0 Å². The third-order valence-corrected chi connectivity index (χ3v) is 4.82. The van der Waals surface area contributed by atoms with E-state index in [1.54, 1.807) is 0 Å². The van der Waals surface area contributed by atoms with Crippen LogP contribution < -0.4 is 5.32 Å². The van der Waals surface area contributed by atoms with E-state index < -0.39 is 0 Å². The van der Waals surface area contributed by atoms with Crippen LogP contribution in [0.15, 0.2) is 54.6 Å². The molecule has 1 heterocycles. The van der Waals surface area contributed by atoms with Gasteiger partial charge in [0.1, 0.15) is 0 Å². The maximum absolute atomic E-state index is 12.5. The van der Waals surface area contributed by atoms with E-state index in [1.807, 2.05) is 54.3 Å². The fourth-order valence-corrected chi connectivity index (χ4v) is 3.31. The van der Waals surface area contributed by atoms with Crippen molar-refractivity contribution < 1.29 is 9.59 Å². The molecule has 0 aromatic heterocycles. The standard InChI is InChI=1S/C22H26N2O2/c1-17(12-13-18-7-3-2-4-8-18)23-22(26)20-10-5-9-19(15-20)16-24-14-6-11-21(24)25/h2-5,7-10,15,17H,6,11-14,16H2,1H3,(H,23,26). The van der Waals surface area contributed by atoms with E-state index in [1.165, 1.54) is 5.56 Å². The Labute approximate surface area is 155 Å². The van der Waals surface area contributed by atoms with E-state index in [4.69, 9.17) is 0 Å². The zero-order chi connectivity index (χ0) is 18.4. The summed E-state index contributed by atoms with van der Waals surface area (Å²) in [4.78, 5) is 26.2. The molecule has 0 aliphatic carbocycles. The lowest BCUT2D eigenvalue weighted by atomic mass is 10.1. The predicted molar refractivity (Wildman–Crippen MR) is 103 cm³/mol. The van der Waals surface area contributed by atoms with E-state index >= 15 is 0 Å². The lowest BCUT2D eigenvalue weighted by Crippen LogP contribution is -2.33. The Balaban J connectivity index is 1.53. The molecule has 1 unspecified atom stereocenters. The molecule has 2 aromatic rings. The zero-order valence-corrected chi connectivity index (χ0v) is 15.3. The van der Waals surface area contributed by atoms with Crippen LogP contribution in [0.3, 0.4) is 0 Å². The number of carbonyl (C=O) groups excluding carboxylic acids is 2. The van der Waals surface area contributed by atoms with Crippen LogP contribution >= 0.6 is 0 Å². The van der Waals surface area contributed by atoms with Gasteiger partial charge in [-0.15, -0.1) is 0 Å². The molecule has 1 saturated heterocycles. The van der Waals surface area contributed by atoms with E-state index in [0.717, 1.165) is 31.4 Å². The number of nitrogens with zero attached hydrogens (tertiary/aromatic N) is 1. The predicted octanol–water partition coefficient (Wildman–Crippen LogP) is 3.56. The minimum absolute atomic E-state index is 0.0554. The van der Waals surface area contributed by atoms with Crippen molar-refractivity contribution in [1.82, 2.24) is 10.2 Å². The van der Waals surface area contributed by atoms with Crippen LogP contribution in [0.1, 0.15) is 47.7 Å². The summed E-state index contributed by atoms with van der Waals surface area (Å²) in [6.07, 6.45) is 3.41. The maximum atomic E-state index is 12.5. The Morgan fingerprint density at radius 2 is 1.88 bits per heavy atom. The number of hydrogen-bond donors (Lipinski definition) is 1. The van der Waals surface area contributed by atoms with Crippen molar-refractivity contribution in [1.29, 1.82) is 0 Å². The Morgan fingerprint density at radius 3 is 2.62 bits per heavy atom. The molecule has 1 N–H and O–H groups in total. The van der Waals surface area contributed by atoms with Gasteiger partial charge in [0.2, 0.25) is 5.91 Å². The maximum Gasteiger partial charge on any atom is 0.251 e. The third kappa shape index (κ3) is 4.94. The van der Waals surface area contributed by atoms with Crippen molar-refractivity contribution >= 4 is 11.8 Å². The molecule has 4 nitrogen and oxygen atoms in total. The lowest BCUT2D eigenvalue weighted by molar-refractivity contribution is -0.128. The summed E-state index contributed by atoms with van der Waals surface area (Å²) < 4.78 is 0. The highest BCUT2D eigenvalue weighted by Crippen LogP contribution is 2.15. The summed E-state index contributed by atoms with van der Waals surface area (Å²) in [5.74, 6) is 0.148. The van der Waals surface area contributed by atoms with Crippen LogP contribution in [0.2, 0.25) is 0 Å². The second-order valence-electron chi connectivity index (χ2n) is 7.02. The van der Waals surface area contributed by atoms with Gasteiger partial charge < -0.3 is 10.2 Å². The van der Waals surface area contributed by atoms with Gasteiger partial charge >= 0.3 is 0 Å². The summed E-state index contributed by atoms with van der Waals surface area (Å²) in [7, 11) is 0. The normalized spacial score (nSPS) is 15.1. The van der Waals surface area contributed by atoms with Crippen molar-refractivity contribution in [3.8, 4) is 0 Å². The van der Waals surface area contributed by atoms with Crippen LogP contribution in [0, 0.1) is 0 Å². The molecule has 2 aromatic carbocycles. The largest absolute Gasteiger partial charge is 0.350 e. The first-order chi connectivity index (χ1) is 12.6. The molecule has 26 heavy (non-hydrogen) atoms. The second kappa shape index (κ2) is 8.65. The molecular weight excluding hydrogens is 324 g/mol. The van der Waals surface area contributed by atoms with Crippen LogP contribution in [0.5, 0.6) is 0 Å². The van der Waals surface area contributed by atoms with Gasteiger partial charge in [0.25, 0.3) is 5.91 Å². The van der Waals surface area contributed by atoms with Gasteiger partial charge in [-0.05, 0) is 49.4 Å². The van der Waals surface area contributed by atoms with Gasteiger partial charge in [-0.3, -0.25) is 9.59 Å². The molecule has 1 atom stereocenters. The SMILES string of the molecule is CC(CCc1ccccc1)NC(=O)c1cccc(CN2CCCC2=O)c1. The van der Waals surface area contributed by atoms with Crippen molar-refractivity contribution in [2.75, 3.05) is 6.54 Å². The molecule has 1 fully saturated rings. The molecule has 1 aliphatic rings. The summed E-state index contributed by atoms with van der Waals surface area (Å²) in [6.45, 7) is 3.43. The first-order valence-electron chi connectivity index (χ1n) is 9.33. The highest BCUT2D eigenvalue weighted by atomic mass is 16.2. The number of rotatable bonds is 7. The minimum atomic E-state index is -0.0554. The molecule has 4 heteroatoms. The van der Waals surface area contributed by atoms with Gasteiger partial charge in [-0.1, -0.05) is 42.5 Å². The van der Waals surface area contributed by atoms with Crippen LogP contribution in [-0.2, 0) is 17.8 Å². The van der Waals surface area contributed by atoms with E-state index in [9.17, 15) is 9.59 Å². The number of amides is 2. The van der Waals surface area contributed by atoms with Gasteiger partial charge in [0, 0.05) is 31.1 Å². The van der Waals surface area contributed by atoms with Crippen molar-refractivity contribution in [2.45, 2.75) is 45.2 Å². The first-order valence-corrected chi connectivity index (χ1v) is 9.33. The summed E-state index contributed by atoms with van der Waals surface area (Å²) in [6, 6.07) is 18.0. The second-order valence-corrected chi connectivity index (χ2v) is 7.02. The highest BCUT2D eigenvalue weighted by molar-refractivity contribution is 5.94. The highest BCUT2D eigenvalue weighted by Gasteiger charge is 2.20. The molecule has 136 valence electrons. The van der Waals surface area contributed by atoms with Crippen LogP contribution in [-0.4, -0.2) is 29.3 Å². The van der Waals surface area contributed by atoms with E-state index in [-0.39, 0.29) is 17.9 Å². The number of aryl methyl sites for hydroxylation is 1. The molecule has 0 bridgehead atoms. The van der Waals surface area contributed by atoms with Crippen molar-refractivity contribution in [2.24, 2.45) is 0 Å². The Hall–Kier alpha value is -2.62. The lowest BCUT2D eigenvalue weighted by Gasteiger charge is -2.17. The van der Waals surface area contributed by atoms with Gasteiger partial charge in [-0.2, -0.15) is 0 Å². The summed E-state index contributed by atoms with van der Waals surface area (Å²) in [5, 5.41) is 3.08. The summed E-state index contributed by atoms with van der Waals surface area (Å²) >= 11 is 0. The molecule has 3 rings (SSSR count). The number of carbonyl (C=O) groups is 2. The Kier molecular flexibility index (Phi) is 6.05. The number of benzene rings is 2. The first kappa shape index (κ1) is 18.2. The quantitative estimate of drug-likeness (QED) is 0.830. The topological polar surface area (TPSA) is 49.4 Å². The van der Waals surface area contributed by atoms with Crippen molar-refractivity contribution in [3.05, 3.63) is 71.3 Å². The van der Waals surface area contributed by atoms with E-state index in [0.29, 0.717) is 18.5 Å². The average Bonchev–Trinajstić information content (AvgIpc) is 3.06. The van der Waals surface area contributed by atoms with Gasteiger partial charge in [-0.25, -0.2) is 0 Å². The van der Waals surface area contributed by atoms with Crippen LogP contribution in [0.25, 0.3) is 0 Å². The molecule has 0 spiro atoms. The van der Waals surface area contributed by atoms with Crippen LogP contribution in [0.4, 0.5) is 0 Å². The average molecular weight is 350 g/mol. The number of hydrogen-bond acceptors (Lipinski definition) is 2. The molecule has 0 saturated carbocycles. The number of nitrogens with one attached hydrogen (secondary N) is 1. The molecule has 1 aliphatic heterocycles. The third-order valence-electron chi connectivity index (χ3n) is 4.82. The fourth-order valence-electron chi connectivity index (χ4n) is 3.31. The monoisotopic (exact) mass is 350 g/mol. The number of likely N-dealkylation sites (tertiary alicyclic amines) is 1. The van der Waals surface area contributed by atoms with E-state index in [2.05, 4.69) is 17.4 Å². The molecule has 0 radical (unpaired) electrons. The minimum Gasteiger partial charge on any atom is -0.350 e. The van der Waals surface area contributed by atoms with Gasteiger partial charge in [0.05, 0.1) is 0 Å².